The van der Waals surface area contributed by atoms with Gasteiger partial charge in [-0.1, -0.05) is 26.0 Å². The van der Waals surface area contributed by atoms with Crippen molar-refractivity contribution in [2.75, 3.05) is 6.61 Å². The van der Waals surface area contributed by atoms with Crippen LogP contribution < -0.4 is 16.0 Å². The van der Waals surface area contributed by atoms with Gasteiger partial charge in [0.15, 0.2) is 11.2 Å². The summed E-state index contributed by atoms with van der Waals surface area (Å²) in [5.74, 6) is 1.05. The first kappa shape index (κ1) is 19.9. The Morgan fingerprint density at radius 1 is 1.18 bits per heavy atom. The topological polar surface area (TPSA) is 91.3 Å². The molecule has 0 aliphatic heterocycles. The van der Waals surface area contributed by atoms with E-state index in [1.807, 2.05) is 25.1 Å². The average molecular weight is 386 g/mol. The first-order chi connectivity index (χ1) is 13.2. The number of benzene rings is 1. The van der Waals surface area contributed by atoms with Crippen LogP contribution in [0.25, 0.3) is 11.2 Å². The van der Waals surface area contributed by atoms with Crippen molar-refractivity contribution in [2.24, 2.45) is 14.1 Å². The van der Waals surface area contributed by atoms with Crippen LogP contribution in [0.4, 0.5) is 0 Å². The predicted octanol–water partition coefficient (Wildman–Crippen LogP) is 1.31. The molecule has 3 rings (SSSR count). The molecule has 1 unspecified atom stereocenters. The van der Waals surface area contributed by atoms with Crippen molar-refractivity contribution in [1.82, 2.24) is 18.7 Å². The van der Waals surface area contributed by atoms with E-state index in [1.165, 1.54) is 17.9 Å². The minimum atomic E-state index is -0.847. The molecule has 2 heterocycles. The van der Waals surface area contributed by atoms with Crippen LogP contribution in [-0.2, 0) is 20.6 Å². The lowest BCUT2D eigenvalue weighted by Crippen LogP contribution is -2.38. The van der Waals surface area contributed by atoms with Gasteiger partial charge in [-0.15, -0.1) is 0 Å². The number of hydrogen-bond acceptors (Lipinski definition) is 5. The molecule has 0 amide bonds. The van der Waals surface area contributed by atoms with Crippen molar-refractivity contribution in [3.8, 4) is 5.75 Å². The molecule has 1 atom stereocenters. The van der Waals surface area contributed by atoms with Gasteiger partial charge >= 0.3 is 5.69 Å². The molecule has 0 aliphatic carbocycles. The third-order valence-electron chi connectivity index (χ3n) is 4.85. The highest BCUT2D eigenvalue weighted by atomic mass is 16.5. The molecule has 8 heteroatoms. The Labute approximate surface area is 162 Å². The fourth-order valence-corrected chi connectivity index (χ4v) is 3.24. The van der Waals surface area contributed by atoms with Crippen LogP contribution in [-0.4, -0.2) is 36.5 Å². The number of hydrogen-bond donors (Lipinski definition) is 1. The first-order valence-corrected chi connectivity index (χ1v) is 9.23. The molecular formula is C20H26N4O4. The summed E-state index contributed by atoms with van der Waals surface area (Å²) in [4.78, 5) is 28.7. The quantitative estimate of drug-likeness (QED) is 0.690. The van der Waals surface area contributed by atoms with Gasteiger partial charge in [-0.3, -0.25) is 13.9 Å². The average Bonchev–Trinajstić information content (AvgIpc) is 3.06. The predicted molar refractivity (Wildman–Crippen MR) is 107 cm³/mol. The second-order valence-corrected chi connectivity index (χ2v) is 7.44. The van der Waals surface area contributed by atoms with Gasteiger partial charge in [0.05, 0.1) is 12.9 Å². The van der Waals surface area contributed by atoms with E-state index in [-0.39, 0.29) is 18.7 Å². The molecule has 0 radical (unpaired) electrons. The normalized spacial score (nSPS) is 12.7. The van der Waals surface area contributed by atoms with Gasteiger partial charge in [-0.2, -0.15) is 0 Å². The molecule has 0 saturated carbocycles. The second-order valence-electron chi connectivity index (χ2n) is 7.44. The maximum atomic E-state index is 12.5. The zero-order chi connectivity index (χ0) is 20.6. The van der Waals surface area contributed by atoms with Crippen LogP contribution in [0.1, 0.15) is 30.9 Å². The molecule has 0 spiro atoms. The van der Waals surface area contributed by atoms with E-state index in [2.05, 4.69) is 18.8 Å². The molecular weight excluding hydrogens is 360 g/mol. The molecule has 150 valence electrons. The van der Waals surface area contributed by atoms with Crippen molar-refractivity contribution in [1.29, 1.82) is 0 Å². The fraction of sp³-hybridized carbons (Fsp3) is 0.450. The molecule has 0 fully saturated rings. The Bertz CT molecular complexity index is 1120. The van der Waals surface area contributed by atoms with Crippen molar-refractivity contribution in [3.63, 3.8) is 0 Å². The molecule has 0 aliphatic rings. The van der Waals surface area contributed by atoms with E-state index < -0.39 is 17.4 Å². The van der Waals surface area contributed by atoms with E-state index in [0.717, 1.165) is 21.4 Å². The van der Waals surface area contributed by atoms with E-state index in [0.29, 0.717) is 11.6 Å². The van der Waals surface area contributed by atoms with Crippen LogP contribution in [0.15, 0.2) is 34.1 Å². The summed E-state index contributed by atoms with van der Waals surface area (Å²) in [6, 6.07) is 6.03. The van der Waals surface area contributed by atoms with Crippen LogP contribution in [0.2, 0.25) is 0 Å². The lowest BCUT2D eigenvalue weighted by atomic mass is 10.0. The van der Waals surface area contributed by atoms with Crippen molar-refractivity contribution >= 4 is 11.2 Å². The number of rotatable bonds is 6. The monoisotopic (exact) mass is 386 g/mol. The number of ether oxygens (including phenoxy) is 1. The zero-order valence-electron chi connectivity index (χ0n) is 16.8. The van der Waals surface area contributed by atoms with Gasteiger partial charge in [-0.05, 0) is 30.0 Å². The van der Waals surface area contributed by atoms with Crippen molar-refractivity contribution < 1.29 is 9.84 Å². The number of aliphatic hydroxyl groups excluding tert-OH is 1. The number of aliphatic hydroxyl groups is 1. The molecule has 1 aromatic carbocycles. The van der Waals surface area contributed by atoms with Gasteiger partial charge in [-0.25, -0.2) is 9.78 Å². The molecule has 8 nitrogen and oxygen atoms in total. The second kappa shape index (κ2) is 7.63. The van der Waals surface area contributed by atoms with Crippen LogP contribution in [0.3, 0.4) is 0 Å². The van der Waals surface area contributed by atoms with Gasteiger partial charge in [0.25, 0.3) is 5.56 Å². The maximum absolute atomic E-state index is 12.5. The van der Waals surface area contributed by atoms with E-state index in [9.17, 15) is 14.7 Å². The molecule has 0 bridgehead atoms. The minimum Gasteiger partial charge on any atom is -0.491 e. The fourth-order valence-electron chi connectivity index (χ4n) is 3.24. The number of nitrogens with zero attached hydrogens (tertiary/aromatic N) is 4. The van der Waals surface area contributed by atoms with E-state index in [1.54, 1.807) is 11.6 Å². The zero-order valence-corrected chi connectivity index (χ0v) is 16.8. The SMILES string of the molecule is Cc1ccc(C(C)C)c(OCC(O)Cn2cnc3c2c(=O)n(C)c(=O)n3C)c1. The summed E-state index contributed by atoms with van der Waals surface area (Å²) in [5, 5.41) is 10.5. The van der Waals surface area contributed by atoms with E-state index >= 15 is 0 Å². The minimum absolute atomic E-state index is 0.0783. The summed E-state index contributed by atoms with van der Waals surface area (Å²) >= 11 is 0. The highest BCUT2D eigenvalue weighted by Crippen LogP contribution is 2.27. The van der Waals surface area contributed by atoms with Crippen LogP contribution in [0, 0.1) is 6.92 Å². The summed E-state index contributed by atoms with van der Waals surface area (Å²) in [6.45, 7) is 6.38. The standard InChI is InChI=1S/C20H26N4O4/c1-12(2)15-7-6-13(3)8-16(15)28-10-14(25)9-24-11-21-18-17(24)19(26)23(5)20(27)22(18)4/h6-8,11-12,14,25H,9-10H2,1-5H3. The van der Waals surface area contributed by atoms with Gasteiger partial charge in [0.1, 0.15) is 18.5 Å². The van der Waals surface area contributed by atoms with Gasteiger partial charge < -0.3 is 14.4 Å². The Kier molecular flexibility index (Phi) is 5.42. The molecule has 28 heavy (non-hydrogen) atoms. The number of aryl methyl sites for hydroxylation is 2. The van der Waals surface area contributed by atoms with Crippen molar-refractivity contribution in [3.05, 3.63) is 56.5 Å². The Morgan fingerprint density at radius 2 is 1.89 bits per heavy atom. The van der Waals surface area contributed by atoms with Crippen LogP contribution >= 0.6 is 0 Å². The molecule has 0 saturated heterocycles. The smallest absolute Gasteiger partial charge is 0.332 e. The molecule has 1 N–H and O–H groups in total. The van der Waals surface area contributed by atoms with E-state index in [4.69, 9.17) is 4.74 Å². The largest absolute Gasteiger partial charge is 0.491 e. The van der Waals surface area contributed by atoms with Gasteiger partial charge in [0, 0.05) is 14.1 Å². The number of fused-ring (bicyclic) bond motifs is 1. The Morgan fingerprint density at radius 3 is 2.57 bits per heavy atom. The highest BCUT2D eigenvalue weighted by molar-refractivity contribution is 5.69. The third kappa shape index (κ3) is 3.60. The summed E-state index contributed by atoms with van der Waals surface area (Å²) in [7, 11) is 2.98. The highest BCUT2D eigenvalue weighted by Gasteiger charge is 2.17. The Balaban J connectivity index is 1.82. The molecule has 3 aromatic rings. The lowest BCUT2D eigenvalue weighted by molar-refractivity contribution is 0.0927. The third-order valence-corrected chi connectivity index (χ3v) is 4.85. The summed E-state index contributed by atoms with van der Waals surface area (Å²) in [5.41, 5.74) is 1.86. The van der Waals surface area contributed by atoms with Gasteiger partial charge in [0.2, 0.25) is 0 Å². The number of imidazole rings is 1. The van der Waals surface area contributed by atoms with Crippen LogP contribution in [0.5, 0.6) is 5.75 Å². The maximum Gasteiger partial charge on any atom is 0.332 e. The lowest BCUT2D eigenvalue weighted by Gasteiger charge is -2.18. The number of aromatic nitrogens is 4. The Hall–Kier alpha value is -2.87. The summed E-state index contributed by atoms with van der Waals surface area (Å²) < 4.78 is 9.79. The van der Waals surface area contributed by atoms with Crippen molar-refractivity contribution in [2.45, 2.75) is 39.3 Å². The summed E-state index contributed by atoms with van der Waals surface area (Å²) in [6.07, 6.45) is 0.612. The molecule has 2 aromatic heterocycles. The first-order valence-electron chi connectivity index (χ1n) is 9.23.